The molecule has 5 fully saturated rings. The lowest BCUT2D eigenvalue weighted by molar-refractivity contribution is -0.138. The van der Waals surface area contributed by atoms with Gasteiger partial charge in [-0.1, -0.05) is 18.2 Å². The van der Waals surface area contributed by atoms with E-state index < -0.39 is 11.7 Å². The van der Waals surface area contributed by atoms with Gasteiger partial charge in [-0.2, -0.15) is 13.2 Å². The molecule has 0 spiro atoms. The second kappa shape index (κ2) is 9.17. The monoisotopic (exact) mass is 477 g/mol. The topological polar surface area (TPSA) is 52.7 Å². The van der Waals surface area contributed by atoms with Crippen LogP contribution in [-0.4, -0.2) is 54.3 Å². The number of amides is 2. The molecule has 6 rings (SSSR count). The van der Waals surface area contributed by atoms with Crippen LogP contribution in [0.5, 0.6) is 0 Å². The number of carbonyl (C=O) groups is 2. The van der Waals surface area contributed by atoms with Crippen LogP contribution in [-0.2, 0) is 22.3 Å². The molecule has 0 unspecified atom stereocenters. The number of rotatable bonds is 6. The molecule has 1 N–H and O–H groups in total. The Kier molecular flexibility index (Phi) is 6.38. The van der Waals surface area contributed by atoms with E-state index in [0.717, 1.165) is 23.8 Å². The van der Waals surface area contributed by atoms with E-state index in [9.17, 15) is 22.8 Å². The molecule has 0 radical (unpaired) electrons. The third-order valence-electron chi connectivity index (χ3n) is 8.58. The van der Waals surface area contributed by atoms with Gasteiger partial charge in [0.1, 0.15) is 0 Å². The molecule has 5 aliphatic rings. The highest BCUT2D eigenvalue weighted by molar-refractivity contribution is 5.85. The Labute approximate surface area is 199 Å². The number of nitrogens with zero attached hydrogens (tertiary/aromatic N) is 2. The largest absolute Gasteiger partial charge is 0.416 e. The summed E-state index contributed by atoms with van der Waals surface area (Å²) in [5.41, 5.74) is -0.192. The number of alkyl halides is 3. The van der Waals surface area contributed by atoms with Gasteiger partial charge in [-0.15, -0.1) is 0 Å². The fourth-order valence-electron chi connectivity index (χ4n) is 7.53. The summed E-state index contributed by atoms with van der Waals surface area (Å²) in [6.07, 6.45) is 3.69. The first-order chi connectivity index (χ1) is 16.2. The van der Waals surface area contributed by atoms with Crippen molar-refractivity contribution < 1.29 is 22.8 Å². The molecule has 1 aromatic carbocycles. The van der Waals surface area contributed by atoms with Gasteiger partial charge in [0.2, 0.25) is 11.8 Å². The van der Waals surface area contributed by atoms with Crippen LogP contribution < -0.4 is 5.32 Å². The first-order valence-corrected chi connectivity index (χ1v) is 12.6. The summed E-state index contributed by atoms with van der Waals surface area (Å²) >= 11 is 0. The minimum absolute atomic E-state index is 0.00209. The zero-order valence-corrected chi connectivity index (χ0v) is 19.6. The van der Waals surface area contributed by atoms with Crippen LogP contribution in [0.15, 0.2) is 24.3 Å². The molecule has 1 saturated heterocycles. The van der Waals surface area contributed by atoms with Crippen LogP contribution in [0.25, 0.3) is 0 Å². The third-order valence-corrected chi connectivity index (χ3v) is 8.58. The quantitative estimate of drug-likeness (QED) is 0.672. The molecular weight excluding hydrogens is 443 g/mol. The van der Waals surface area contributed by atoms with Crippen LogP contribution in [0.3, 0.4) is 0 Å². The van der Waals surface area contributed by atoms with Gasteiger partial charge in [-0.05, 0) is 73.3 Å². The number of nitrogens with one attached hydrogen (secondary N) is 1. The normalized spacial score (nSPS) is 31.0. The van der Waals surface area contributed by atoms with Gasteiger partial charge in [0.25, 0.3) is 0 Å². The molecule has 186 valence electrons. The predicted octanol–water partition coefficient (Wildman–Crippen LogP) is 4.07. The Balaban J connectivity index is 1.07. The Hall–Kier alpha value is -2.09. The zero-order valence-electron chi connectivity index (χ0n) is 19.6. The predicted molar refractivity (Wildman–Crippen MR) is 122 cm³/mol. The van der Waals surface area contributed by atoms with E-state index in [1.54, 1.807) is 11.0 Å². The van der Waals surface area contributed by atoms with E-state index in [-0.39, 0.29) is 35.9 Å². The van der Waals surface area contributed by atoms with E-state index >= 15 is 0 Å². The maximum atomic E-state index is 13.3. The van der Waals surface area contributed by atoms with E-state index in [2.05, 4.69) is 5.32 Å². The lowest BCUT2D eigenvalue weighted by atomic mass is 9.49. The van der Waals surface area contributed by atoms with Crippen molar-refractivity contribution in [2.75, 3.05) is 32.7 Å². The van der Waals surface area contributed by atoms with E-state index in [1.807, 2.05) is 4.90 Å². The van der Waals surface area contributed by atoms with Crippen LogP contribution in [0.2, 0.25) is 0 Å². The lowest BCUT2D eigenvalue weighted by Gasteiger charge is -2.56. The fourth-order valence-corrected chi connectivity index (χ4v) is 7.53. The number of hydrogen-bond donors (Lipinski definition) is 1. The number of halogens is 3. The Bertz CT molecular complexity index is 889. The molecule has 1 aromatic rings. The molecule has 4 bridgehead atoms. The van der Waals surface area contributed by atoms with E-state index in [0.29, 0.717) is 32.6 Å². The SMILES string of the molecule is O=C(CC12CC3CC(CC(C3)C1)C2)NCC(=O)N1CCN(Cc2ccccc2C(F)(F)F)CC1. The minimum atomic E-state index is -4.37. The van der Waals surface area contributed by atoms with Crippen molar-refractivity contribution in [3.63, 3.8) is 0 Å². The van der Waals surface area contributed by atoms with Crippen molar-refractivity contribution in [2.24, 2.45) is 23.2 Å². The van der Waals surface area contributed by atoms with Gasteiger partial charge >= 0.3 is 6.18 Å². The molecule has 2 amide bonds. The van der Waals surface area contributed by atoms with Gasteiger partial charge in [0.15, 0.2) is 0 Å². The first-order valence-electron chi connectivity index (χ1n) is 12.6. The van der Waals surface area contributed by atoms with Gasteiger partial charge in [0.05, 0.1) is 12.1 Å². The van der Waals surface area contributed by atoms with Crippen molar-refractivity contribution in [3.05, 3.63) is 35.4 Å². The van der Waals surface area contributed by atoms with Gasteiger partial charge < -0.3 is 10.2 Å². The van der Waals surface area contributed by atoms with Crippen LogP contribution in [0.4, 0.5) is 13.2 Å². The maximum Gasteiger partial charge on any atom is 0.416 e. The molecular formula is C26H34F3N3O2. The van der Waals surface area contributed by atoms with Crippen molar-refractivity contribution >= 4 is 11.8 Å². The lowest BCUT2D eigenvalue weighted by Crippen LogP contribution is -2.51. The second-order valence-corrected chi connectivity index (χ2v) is 11.2. The Morgan fingerprint density at radius 1 is 0.941 bits per heavy atom. The highest BCUT2D eigenvalue weighted by Crippen LogP contribution is 2.61. The number of piperazine rings is 1. The summed E-state index contributed by atoms with van der Waals surface area (Å²) in [5.74, 6) is 2.24. The summed E-state index contributed by atoms with van der Waals surface area (Å²) in [7, 11) is 0. The fraction of sp³-hybridized carbons (Fsp3) is 0.692. The molecule has 1 heterocycles. The summed E-state index contributed by atoms with van der Waals surface area (Å²) in [6, 6.07) is 5.65. The van der Waals surface area contributed by atoms with Crippen molar-refractivity contribution in [1.29, 1.82) is 0 Å². The Morgan fingerprint density at radius 2 is 1.53 bits per heavy atom. The van der Waals surface area contributed by atoms with Gasteiger partial charge in [-0.3, -0.25) is 14.5 Å². The molecule has 8 heteroatoms. The maximum absolute atomic E-state index is 13.3. The molecule has 4 aliphatic carbocycles. The minimum Gasteiger partial charge on any atom is -0.347 e. The molecule has 4 saturated carbocycles. The zero-order chi connectivity index (χ0) is 23.9. The van der Waals surface area contributed by atoms with Crippen molar-refractivity contribution in [2.45, 2.75) is 57.7 Å². The average Bonchev–Trinajstić information content (AvgIpc) is 2.76. The van der Waals surface area contributed by atoms with Crippen LogP contribution in [0.1, 0.15) is 56.1 Å². The summed E-state index contributed by atoms with van der Waals surface area (Å²) < 4.78 is 39.8. The molecule has 0 aromatic heterocycles. The summed E-state index contributed by atoms with van der Waals surface area (Å²) in [4.78, 5) is 29.0. The summed E-state index contributed by atoms with van der Waals surface area (Å²) in [6.45, 7) is 2.15. The number of hydrogen-bond acceptors (Lipinski definition) is 3. The van der Waals surface area contributed by atoms with Gasteiger partial charge in [-0.25, -0.2) is 0 Å². The Morgan fingerprint density at radius 3 is 2.12 bits per heavy atom. The number of carbonyl (C=O) groups excluding carboxylic acids is 2. The first kappa shape index (κ1) is 23.6. The highest BCUT2D eigenvalue weighted by Gasteiger charge is 2.51. The molecule has 5 nitrogen and oxygen atoms in total. The van der Waals surface area contributed by atoms with E-state index in [1.165, 1.54) is 50.7 Å². The molecule has 0 atom stereocenters. The van der Waals surface area contributed by atoms with Crippen molar-refractivity contribution in [1.82, 2.24) is 15.1 Å². The molecule has 1 aliphatic heterocycles. The second-order valence-electron chi connectivity index (χ2n) is 11.2. The standard InChI is InChI=1S/C26H34F3N3O2/c27-26(28,29)22-4-2-1-3-21(22)17-31-5-7-32(8-6-31)24(34)16-30-23(33)15-25-12-18-9-19(13-25)11-20(10-18)14-25/h1-4,18-20H,5-17H2,(H,30,33). The highest BCUT2D eigenvalue weighted by atomic mass is 19.4. The van der Waals surface area contributed by atoms with Gasteiger partial charge in [0, 0.05) is 39.1 Å². The van der Waals surface area contributed by atoms with Crippen molar-refractivity contribution in [3.8, 4) is 0 Å². The van der Waals surface area contributed by atoms with Crippen LogP contribution >= 0.6 is 0 Å². The molecule has 34 heavy (non-hydrogen) atoms. The smallest absolute Gasteiger partial charge is 0.347 e. The third kappa shape index (κ3) is 5.11. The van der Waals surface area contributed by atoms with Crippen LogP contribution in [0, 0.1) is 23.2 Å². The van der Waals surface area contributed by atoms with E-state index in [4.69, 9.17) is 0 Å². The number of benzene rings is 1. The average molecular weight is 478 g/mol. The summed E-state index contributed by atoms with van der Waals surface area (Å²) in [5, 5.41) is 2.86.